The Morgan fingerprint density at radius 1 is 0.938 bits per heavy atom. The molecule has 2 aromatic carbocycles. The lowest BCUT2D eigenvalue weighted by Gasteiger charge is -2.37. The molecule has 2 saturated carbocycles. The molecular weight excluding hydrogens is 420 g/mol. The van der Waals surface area contributed by atoms with Crippen LogP contribution in [0, 0.1) is 0 Å². The Bertz CT molecular complexity index is 872. The molecular formula is C27H35ClN2O2. The fourth-order valence-electron chi connectivity index (χ4n) is 5.04. The summed E-state index contributed by atoms with van der Waals surface area (Å²) in [4.78, 5) is 17.7. The number of hydrogen-bond donors (Lipinski definition) is 1. The smallest absolute Gasteiger partial charge is 0.254 e. The van der Waals surface area contributed by atoms with Crippen molar-refractivity contribution in [3.8, 4) is 0 Å². The molecule has 0 aliphatic heterocycles. The Morgan fingerprint density at radius 2 is 1.53 bits per heavy atom. The zero-order valence-corrected chi connectivity index (χ0v) is 19.8. The van der Waals surface area contributed by atoms with Gasteiger partial charge in [0.05, 0.1) is 0 Å². The highest BCUT2D eigenvalue weighted by atomic mass is 35.5. The minimum Gasteiger partial charge on any atom is -0.396 e. The average molecular weight is 455 g/mol. The molecule has 2 aliphatic carbocycles. The predicted molar refractivity (Wildman–Crippen MR) is 130 cm³/mol. The molecule has 2 aromatic rings. The molecule has 2 aliphatic rings. The van der Waals surface area contributed by atoms with Crippen molar-refractivity contribution in [1.29, 1.82) is 0 Å². The van der Waals surface area contributed by atoms with Crippen molar-refractivity contribution < 1.29 is 9.90 Å². The first kappa shape index (κ1) is 23.3. The number of aliphatic hydroxyl groups excluding tert-OH is 1. The molecule has 0 saturated heterocycles. The van der Waals surface area contributed by atoms with Gasteiger partial charge in [0.1, 0.15) is 0 Å². The highest BCUT2D eigenvalue weighted by Crippen LogP contribution is 2.39. The molecule has 32 heavy (non-hydrogen) atoms. The van der Waals surface area contributed by atoms with E-state index in [0.29, 0.717) is 23.0 Å². The van der Waals surface area contributed by atoms with Crippen LogP contribution < -0.4 is 0 Å². The van der Waals surface area contributed by atoms with Crippen LogP contribution >= 0.6 is 11.6 Å². The largest absolute Gasteiger partial charge is 0.396 e. The summed E-state index contributed by atoms with van der Waals surface area (Å²) < 4.78 is 0. The Labute approximate surface area is 197 Å². The van der Waals surface area contributed by atoms with Gasteiger partial charge in [-0.15, -0.1) is 0 Å². The third-order valence-corrected chi connectivity index (χ3v) is 7.21. The van der Waals surface area contributed by atoms with Crippen molar-refractivity contribution in [2.75, 3.05) is 20.2 Å². The number of amides is 1. The van der Waals surface area contributed by atoms with E-state index in [4.69, 9.17) is 16.7 Å². The Morgan fingerprint density at radius 3 is 2.09 bits per heavy atom. The topological polar surface area (TPSA) is 43.8 Å². The lowest BCUT2D eigenvalue weighted by Crippen LogP contribution is -2.43. The molecule has 0 atom stereocenters. The number of rotatable bonds is 9. The van der Waals surface area contributed by atoms with E-state index in [1.54, 1.807) is 0 Å². The van der Waals surface area contributed by atoms with E-state index in [9.17, 15) is 4.79 Å². The highest BCUT2D eigenvalue weighted by Gasteiger charge is 2.39. The fourth-order valence-corrected chi connectivity index (χ4v) is 5.16. The highest BCUT2D eigenvalue weighted by molar-refractivity contribution is 6.30. The lowest BCUT2D eigenvalue weighted by atomic mass is 9.81. The molecule has 4 rings (SSSR count). The Hall–Kier alpha value is -1.88. The third-order valence-electron chi connectivity index (χ3n) is 6.96. The molecule has 172 valence electrons. The van der Waals surface area contributed by atoms with Gasteiger partial charge in [-0.3, -0.25) is 4.79 Å². The number of halogens is 1. The van der Waals surface area contributed by atoms with E-state index >= 15 is 0 Å². The van der Waals surface area contributed by atoms with E-state index in [1.165, 1.54) is 11.1 Å². The first-order valence-electron chi connectivity index (χ1n) is 12.0. The van der Waals surface area contributed by atoms with Crippen LogP contribution in [0.5, 0.6) is 0 Å². The summed E-state index contributed by atoms with van der Waals surface area (Å²) >= 11 is 6.01. The normalized spacial score (nSPS) is 21.0. The van der Waals surface area contributed by atoms with Crippen LogP contribution in [-0.2, 0) is 6.54 Å². The van der Waals surface area contributed by atoms with Crippen molar-refractivity contribution in [3.63, 3.8) is 0 Å². The fraction of sp³-hybridized carbons (Fsp3) is 0.519. The van der Waals surface area contributed by atoms with Gasteiger partial charge in [-0.1, -0.05) is 35.9 Å². The van der Waals surface area contributed by atoms with Gasteiger partial charge in [-0.2, -0.15) is 0 Å². The number of nitrogens with zero attached hydrogens (tertiary/aromatic N) is 2. The maximum atomic E-state index is 13.2. The second-order valence-electron chi connectivity index (χ2n) is 9.51. The monoisotopic (exact) mass is 454 g/mol. The number of hydrogen-bond acceptors (Lipinski definition) is 3. The van der Waals surface area contributed by atoms with Gasteiger partial charge in [0.15, 0.2) is 0 Å². The average Bonchev–Trinajstić information content (AvgIpc) is 3.64. The van der Waals surface area contributed by atoms with E-state index in [2.05, 4.69) is 41.1 Å². The second-order valence-corrected chi connectivity index (χ2v) is 9.95. The summed E-state index contributed by atoms with van der Waals surface area (Å²) in [6.45, 7) is 2.07. The minimum absolute atomic E-state index is 0.169. The number of aliphatic hydroxyl groups is 1. The van der Waals surface area contributed by atoms with Gasteiger partial charge >= 0.3 is 0 Å². The first-order valence-corrected chi connectivity index (χ1v) is 12.4. The van der Waals surface area contributed by atoms with E-state index in [-0.39, 0.29) is 12.5 Å². The molecule has 5 heteroatoms. The van der Waals surface area contributed by atoms with Gasteiger partial charge in [-0.25, -0.2) is 0 Å². The molecule has 1 N–H and O–H groups in total. The minimum atomic E-state index is 0.169. The first-order chi connectivity index (χ1) is 15.5. The van der Waals surface area contributed by atoms with Crippen LogP contribution in [0.3, 0.4) is 0 Å². The molecule has 4 nitrogen and oxygen atoms in total. The zero-order valence-electron chi connectivity index (χ0n) is 19.0. The molecule has 2 fully saturated rings. The zero-order chi connectivity index (χ0) is 22.5. The van der Waals surface area contributed by atoms with E-state index in [1.807, 2.05) is 24.3 Å². The molecule has 0 spiro atoms. The SMILES string of the molecule is CN(CCCO)Cc1ccc([C@H]2CC[C@H](N(C(=O)c3ccc(Cl)cc3)C3CC3)CC2)cc1. The summed E-state index contributed by atoms with van der Waals surface area (Å²) in [5.74, 6) is 0.751. The van der Waals surface area contributed by atoms with Crippen LogP contribution in [-0.4, -0.2) is 53.1 Å². The van der Waals surface area contributed by atoms with Crippen LogP contribution in [0.4, 0.5) is 0 Å². The Balaban J connectivity index is 1.33. The third kappa shape index (κ3) is 5.92. The van der Waals surface area contributed by atoms with Crippen molar-refractivity contribution in [2.45, 2.75) is 69.5 Å². The number of benzene rings is 2. The van der Waals surface area contributed by atoms with Crippen molar-refractivity contribution in [3.05, 3.63) is 70.2 Å². The van der Waals surface area contributed by atoms with E-state index in [0.717, 1.165) is 63.6 Å². The molecule has 0 radical (unpaired) electrons. The summed E-state index contributed by atoms with van der Waals surface area (Å²) in [6, 6.07) is 17.2. The predicted octanol–water partition coefficient (Wildman–Crippen LogP) is 5.49. The summed E-state index contributed by atoms with van der Waals surface area (Å²) in [6.07, 6.45) is 7.50. The van der Waals surface area contributed by atoms with Crippen molar-refractivity contribution >= 4 is 17.5 Å². The van der Waals surface area contributed by atoms with Gasteiger partial charge < -0.3 is 14.9 Å². The van der Waals surface area contributed by atoms with Crippen molar-refractivity contribution in [1.82, 2.24) is 9.80 Å². The summed E-state index contributed by atoms with van der Waals surface area (Å²) in [7, 11) is 2.10. The quantitative estimate of drug-likeness (QED) is 0.545. The summed E-state index contributed by atoms with van der Waals surface area (Å²) in [5, 5.41) is 9.66. The molecule has 0 unspecified atom stereocenters. The molecule has 1 amide bonds. The van der Waals surface area contributed by atoms with Crippen LogP contribution in [0.15, 0.2) is 48.5 Å². The standard InChI is InChI=1S/C27H35ClN2O2/c1-29(17-2-18-31)19-20-3-5-21(6-4-20)22-9-13-25(14-10-22)30(26-15-16-26)27(32)23-7-11-24(28)12-8-23/h3-8,11-12,22,25-26,31H,2,9-10,13-19H2,1H3/t22-,25-. The van der Waals surface area contributed by atoms with Gasteiger partial charge in [0.25, 0.3) is 5.91 Å². The van der Waals surface area contributed by atoms with Gasteiger partial charge in [0.2, 0.25) is 0 Å². The van der Waals surface area contributed by atoms with Crippen LogP contribution in [0.2, 0.25) is 5.02 Å². The number of carbonyl (C=O) groups excluding carboxylic acids is 1. The van der Waals surface area contributed by atoms with Crippen LogP contribution in [0.1, 0.15) is 72.3 Å². The maximum Gasteiger partial charge on any atom is 0.254 e. The Kier molecular flexibility index (Phi) is 7.88. The van der Waals surface area contributed by atoms with Crippen molar-refractivity contribution in [2.24, 2.45) is 0 Å². The molecule has 0 bridgehead atoms. The molecule has 0 aromatic heterocycles. The summed E-state index contributed by atoms with van der Waals surface area (Å²) in [5.41, 5.74) is 3.49. The van der Waals surface area contributed by atoms with E-state index < -0.39 is 0 Å². The maximum absolute atomic E-state index is 13.2. The van der Waals surface area contributed by atoms with Crippen LogP contribution in [0.25, 0.3) is 0 Å². The van der Waals surface area contributed by atoms with Gasteiger partial charge in [-0.05, 0) is 93.3 Å². The number of carbonyl (C=O) groups is 1. The molecule has 0 heterocycles. The second kappa shape index (κ2) is 10.8. The van der Waals surface area contributed by atoms with Gasteiger partial charge in [0, 0.05) is 42.4 Å². The lowest BCUT2D eigenvalue weighted by molar-refractivity contribution is 0.0605.